The van der Waals surface area contributed by atoms with Crippen molar-refractivity contribution in [2.75, 3.05) is 13.7 Å². The summed E-state index contributed by atoms with van der Waals surface area (Å²) in [6.45, 7) is 0.722. The van der Waals surface area contributed by atoms with Crippen LogP contribution in [0.1, 0.15) is 25.7 Å². The Balaban J connectivity index is 3.19. The summed E-state index contributed by atoms with van der Waals surface area (Å²) < 4.78 is 4.85. The van der Waals surface area contributed by atoms with Crippen LogP contribution in [-0.4, -0.2) is 30.8 Å². The molecule has 0 aliphatic rings. The highest BCUT2D eigenvalue weighted by Crippen LogP contribution is 2.02. The van der Waals surface area contributed by atoms with Crippen LogP contribution in [0.3, 0.4) is 0 Å². The molecule has 0 saturated heterocycles. The molecule has 0 saturated carbocycles. The van der Waals surface area contributed by atoms with Gasteiger partial charge in [0.05, 0.1) is 6.42 Å². The van der Waals surface area contributed by atoms with E-state index in [1.165, 1.54) is 0 Å². The average Bonchev–Trinajstić information content (AvgIpc) is 1.97. The molecule has 0 rings (SSSR count). The fourth-order valence-electron chi connectivity index (χ4n) is 0.979. The molecule has 1 unspecified atom stereocenters. The lowest BCUT2D eigenvalue weighted by Crippen LogP contribution is -2.23. The molecule has 0 aromatic rings. The van der Waals surface area contributed by atoms with Crippen LogP contribution < -0.4 is 5.73 Å². The van der Waals surface area contributed by atoms with E-state index in [-0.39, 0.29) is 12.5 Å². The molecule has 4 heteroatoms. The van der Waals surface area contributed by atoms with Crippen molar-refractivity contribution in [1.82, 2.24) is 0 Å². The van der Waals surface area contributed by atoms with Crippen molar-refractivity contribution in [2.45, 2.75) is 31.7 Å². The van der Waals surface area contributed by atoms with Crippen LogP contribution in [0.15, 0.2) is 0 Å². The van der Waals surface area contributed by atoms with Crippen LogP contribution in [0.4, 0.5) is 0 Å². The first-order chi connectivity index (χ1) is 5.66. The zero-order chi connectivity index (χ0) is 9.40. The predicted molar refractivity (Wildman–Crippen MR) is 46.0 cm³/mol. The van der Waals surface area contributed by atoms with Gasteiger partial charge in [-0.1, -0.05) is 0 Å². The van der Waals surface area contributed by atoms with E-state index in [1.54, 1.807) is 7.11 Å². The first kappa shape index (κ1) is 11.4. The van der Waals surface area contributed by atoms with Crippen molar-refractivity contribution in [2.24, 2.45) is 5.73 Å². The van der Waals surface area contributed by atoms with Gasteiger partial charge < -0.3 is 15.6 Å². The third-order valence-electron chi connectivity index (χ3n) is 1.61. The molecular formula is C8H17NO3. The van der Waals surface area contributed by atoms with Gasteiger partial charge in [-0.3, -0.25) is 4.79 Å². The quantitative estimate of drug-likeness (QED) is 0.556. The number of methoxy groups -OCH3 is 1. The molecule has 1 atom stereocenters. The fourth-order valence-corrected chi connectivity index (χ4v) is 0.979. The lowest BCUT2D eigenvalue weighted by molar-refractivity contribution is -0.137. The molecule has 0 aromatic heterocycles. The van der Waals surface area contributed by atoms with Gasteiger partial charge in [0.25, 0.3) is 0 Å². The average molecular weight is 175 g/mol. The molecule has 0 bridgehead atoms. The molecule has 72 valence electrons. The SMILES string of the molecule is COCCCCC(N)CC(=O)O. The van der Waals surface area contributed by atoms with E-state index in [0.29, 0.717) is 0 Å². The van der Waals surface area contributed by atoms with Crippen LogP contribution in [0.25, 0.3) is 0 Å². The van der Waals surface area contributed by atoms with Crippen molar-refractivity contribution >= 4 is 5.97 Å². The topological polar surface area (TPSA) is 72.5 Å². The second kappa shape index (κ2) is 7.06. The van der Waals surface area contributed by atoms with Crippen LogP contribution in [-0.2, 0) is 9.53 Å². The number of unbranched alkanes of at least 4 members (excludes halogenated alkanes) is 1. The molecule has 0 radical (unpaired) electrons. The van der Waals surface area contributed by atoms with E-state index in [1.807, 2.05) is 0 Å². The Morgan fingerprint density at radius 3 is 2.75 bits per heavy atom. The molecule has 0 heterocycles. The number of carboxylic acids is 1. The van der Waals surface area contributed by atoms with Crippen molar-refractivity contribution in [3.8, 4) is 0 Å². The summed E-state index contributed by atoms with van der Waals surface area (Å²) in [4.78, 5) is 10.2. The van der Waals surface area contributed by atoms with Crippen LogP contribution in [0.5, 0.6) is 0 Å². The van der Waals surface area contributed by atoms with Crippen molar-refractivity contribution in [1.29, 1.82) is 0 Å². The van der Waals surface area contributed by atoms with Crippen molar-refractivity contribution in [3.05, 3.63) is 0 Å². The van der Waals surface area contributed by atoms with Gasteiger partial charge >= 0.3 is 5.97 Å². The highest BCUT2D eigenvalue weighted by atomic mass is 16.5. The Kier molecular flexibility index (Phi) is 6.70. The fraction of sp³-hybridized carbons (Fsp3) is 0.875. The number of carbonyl (C=O) groups is 1. The maximum atomic E-state index is 10.2. The first-order valence-electron chi connectivity index (χ1n) is 4.13. The van der Waals surface area contributed by atoms with Gasteiger partial charge in [0.1, 0.15) is 0 Å². The summed E-state index contributed by atoms with van der Waals surface area (Å²) in [5.41, 5.74) is 5.54. The number of hydrogen-bond acceptors (Lipinski definition) is 3. The summed E-state index contributed by atoms with van der Waals surface area (Å²) in [6.07, 6.45) is 2.70. The maximum absolute atomic E-state index is 10.2. The van der Waals surface area contributed by atoms with Gasteiger partial charge in [-0.2, -0.15) is 0 Å². The van der Waals surface area contributed by atoms with E-state index in [4.69, 9.17) is 15.6 Å². The molecule has 0 spiro atoms. The standard InChI is InChI=1S/C8H17NO3/c1-12-5-3-2-4-7(9)6-8(10)11/h7H,2-6,9H2,1H3,(H,10,11). The van der Waals surface area contributed by atoms with Gasteiger partial charge in [-0.05, 0) is 19.3 Å². The Labute approximate surface area is 72.7 Å². The van der Waals surface area contributed by atoms with Gasteiger partial charge in [-0.25, -0.2) is 0 Å². The lowest BCUT2D eigenvalue weighted by Gasteiger charge is -2.07. The van der Waals surface area contributed by atoms with Crippen LogP contribution >= 0.6 is 0 Å². The van der Waals surface area contributed by atoms with Crippen molar-refractivity contribution < 1.29 is 14.6 Å². The molecule has 0 aliphatic carbocycles. The zero-order valence-corrected chi connectivity index (χ0v) is 7.45. The van der Waals surface area contributed by atoms with Crippen molar-refractivity contribution in [3.63, 3.8) is 0 Å². The van der Waals surface area contributed by atoms with E-state index < -0.39 is 5.97 Å². The van der Waals surface area contributed by atoms with Crippen LogP contribution in [0.2, 0.25) is 0 Å². The first-order valence-corrected chi connectivity index (χ1v) is 4.13. The summed E-state index contributed by atoms with van der Waals surface area (Å²) in [6, 6.07) is -0.209. The Bertz CT molecular complexity index is 127. The summed E-state index contributed by atoms with van der Waals surface area (Å²) >= 11 is 0. The monoisotopic (exact) mass is 175 g/mol. The Morgan fingerprint density at radius 2 is 2.25 bits per heavy atom. The lowest BCUT2D eigenvalue weighted by atomic mass is 10.1. The van der Waals surface area contributed by atoms with Gasteiger partial charge in [0, 0.05) is 19.8 Å². The number of rotatable bonds is 7. The number of carboxylic acid groups (broad SMARTS) is 1. The normalized spacial score (nSPS) is 12.8. The summed E-state index contributed by atoms with van der Waals surface area (Å²) in [5, 5.41) is 8.38. The maximum Gasteiger partial charge on any atom is 0.304 e. The molecule has 0 fully saturated rings. The molecule has 0 aliphatic heterocycles. The molecule has 0 amide bonds. The second-order valence-corrected chi connectivity index (χ2v) is 2.85. The molecule has 0 aromatic carbocycles. The Hall–Kier alpha value is -0.610. The van der Waals surface area contributed by atoms with Gasteiger partial charge in [0.2, 0.25) is 0 Å². The minimum absolute atomic E-state index is 0.0625. The predicted octanol–water partition coefficient (Wildman–Crippen LogP) is 0.605. The van der Waals surface area contributed by atoms with Gasteiger partial charge in [0.15, 0.2) is 0 Å². The highest BCUT2D eigenvalue weighted by molar-refractivity contribution is 5.67. The number of aliphatic carboxylic acids is 1. The largest absolute Gasteiger partial charge is 0.481 e. The smallest absolute Gasteiger partial charge is 0.304 e. The van der Waals surface area contributed by atoms with E-state index in [0.717, 1.165) is 25.9 Å². The van der Waals surface area contributed by atoms with E-state index >= 15 is 0 Å². The third kappa shape index (κ3) is 7.50. The zero-order valence-electron chi connectivity index (χ0n) is 7.45. The number of nitrogens with two attached hydrogens (primary N) is 1. The Morgan fingerprint density at radius 1 is 1.58 bits per heavy atom. The molecule has 12 heavy (non-hydrogen) atoms. The number of hydrogen-bond donors (Lipinski definition) is 2. The highest BCUT2D eigenvalue weighted by Gasteiger charge is 2.06. The van der Waals surface area contributed by atoms with Gasteiger partial charge in [-0.15, -0.1) is 0 Å². The molecular weight excluding hydrogens is 158 g/mol. The molecule has 4 nitrogen and oxygen atoms in total. The minimum atomic E-state index is -0.825. The third-order valence-corrected chi connectivity index (χ3v) is 1.61. The number of ether oxygens (including phenoxy) is 1. The second-order valence-electron chi connectivity index (χ2n) is 2.85. The molecule has 3 N–H and O–H groups in total. The van der Waals surface area contributed by atoms with E-state index in [9.17, 15) is 4.79 Å². The summed E-state index contributed by atoms with van der Waals surface area (Å²) in [7, 11) is 1.65. The minimum Gasteiger partial charge on any atom is -0.481 e. The van der Waals surface area contributed by atoms with E-state index in [2.05, 4.69) is 0 Å². The van der Waals surface area contributed by atoms with Crippen LogP contribution in [0, 0.1) is 0 Å². The summed E-state index contributed by atoms with van der Waals surface area (Å²) in [5.74, 6) is -0.825.